The molecule has 92 valence electrons. The van der Waals surface area contributed by atoms with E-state index < -0.39 is 0 Å². The summed E-state index contributed by atoms with van der Waals surface area (Å²) in [6, 6.07) is 5.12. The van der Waals surface area contributed by atoms with Gasteiger partial charge in [-0.1, -0.05) is 6.07 Å². The van der Waals surface area contributed by atoms with Gasteiger partial charge in [0.25, 0.3) is 0 Å². The number of hydrogen-bond acceptors (Lipinski definition) is 3. The highest BCUT2D eigenvalue weighted by atomic mass is 16.3. The molecule has 1 amide bonds. The fourth-order valence-corrected chi connectivity index (χ4v) is 2.07. The molecule has 0 aliphatic heterocycles. The van der Waals surface area contributed by atoms with Crippen molar-refractivity contribution < 1.29 is 9.90 Å². The number of nitrogens with one attached hydrogen (secondary N) is 1. The molecule has 2 rings (SSSR count). The second kappa shape index (κ2) is 4.37. The quantitative estimate of drug-likeness (QED) is 0.699. The van der Waals surface area contributed by atoms with Gasteiger partial charge in [-0.05, 0) is 43.9 Å². The van der Waals surface area contributed by atoms with Gasteiger partial charge in [-0.2, -0.15) is 0 Å². The average Bonchev–Trinajstić information content (AvgIpc) is 2.21. The van der Waals surface area contributed by atoms with Crippen LogP contribution in [0.5, 0.6) is 5.75 Å². The number of benzene rings is 1. The Labute approximate surface area is 101 Å². The molecular formula is C13H18N2O2. The van der Waals surface area contributed by atoms with Crippen LogP contribution in [0.2, 0.25) is 0 Å². The Hall–Kier alpha value is -1.55. The van der Waals surface area contributed by atoms with Gasteiger partial charge in [-0.3, -0.25) is 4.79 Å². The Kier molecular flexibility index (Phi) is 3.07. The number of hydrogen-bond donors (Lipinski definition) is 3. The molecule has 4 nitrogen and oxygen atoms in total. The molecule has 1 saturated carbocycles. The van der Waals surface area contributed by atoms with E-state index in [-0.39, 0.29) is 17.2 Å². The molecule has 0 radical (unpaired) electrons. The summed E-state index contributed by atoms with van der Waals surface area (Å²) in [5.41, 5.74) is 7.12. The van der Waals surface area contributed by atoms with Crippen molar-refractivity contribution in [1.29, 1.82) is 0 Å². The van der Waals surface area contributed by atoms with E-state index in [0.29, 0.717) is 12.1 Å². The first-order chi connectivity index (χ1) is 7.98. The van der Waals surface area contributed by atoms with E-state index in [1.807, 2.05) is 6.92 Å². The number of anilines is 1. The maximum absolute atomic E-state index is 11.8. The molecule has 0 bridgehead atoms. The van der Waals surface area contributed by atoms with Gasteiger partial charge >= 0.3 is 0 Å². The summed E-state index contributed by atoms with van der Waals surface area (Å²) in [4.78, 5) is 11.8. The maximum Gasteiger partial charge on any atom is 0.226 e. The number of carbonyl (C=O) groups is 1. The lowest BCUT2D eigenvalue weighted by Gasteiger charge is -2.37. The Morgan fingerprint density at radius 2 is 2.24 bits per heavy atom. The monoisotopic (exact) mass is 234 g/mol. The van der Waals surface area contributed by atoms with Gasteiger partial charge in [0.2, 0.25) is 5.91 Å². The number of aryl methyl sites for hydroxylation is 1. The van der Waals surface area contributed by atoms with Gasteiger partial charge in [-0.25, -0.2) is 0 Å². The second-order valence-electron chi connectivity index (χ2n) is 4.96. The summed E-state index contributed by atoms with van der Waals surface area (Å²) in [7, 11) is 0. The van der Waals surface area contributed by atoms with E-state index in [4.69, 9.17) is 5.73 Å². The van der Waals surface area contributed by atoms with Crippen LogP contribution in [0.15, 0.2) is 18.2 Å². The topological polar surface area (TPSA) is 75.3 Å². The van der Waals surface area contributed by atoms with Crippen LogP contribution in [0.1, 0.15) is 31.2 Å². The summed E-state index contributed by atoms with van der Waals surface area (Å²) < 4.78 is 0. The number of carbonyl (C=O) groups excluding carboxylic acids is 1. The zero-order chi connectivity index (χ0) is 12.5. The molecular weight excluding hydrogens is 216 g/mol. The zero-order valence-electron chi connectivity index (χ0n) is 9.99. The van der Waals surface area contributed by atoms with Crippen LogP contribution in [-0.4, -0.2) is 16.6 Å². The molecule has 0 spiro atoms. The highest BCUT2D eigenvalue weighted by Crippen LogP contribution is 2.33. The SMILES string of the molecule is Cc1ccc(O)c(NC(=O)CC2(N)CCC2)c1. The van der Waals surface area contributed by atoms with Gasteiger partial charge < -0.3 is 16.2 Å². The number of phenolic OH excluding ortho intramolecular Hbond substituents is 1. The third-order valence-electron chi connectivity index (χ3n) is 3.29. The summed E-state index contributed by atoms with van der Waals surface area (Å²) >= 11 is 0. The standard InChI is InChI=1S/C13H18N2O2/c1-9-3-4-11(16)10(7-9)15-12(17)8-13(14)5-2-6-13/h3-4,7,16H,2,5-6,8,14H2,1H3,(H,15,17). The number of aromatic hydroxyl groups is 1. The summed E-state index contributed by atoms with van der Waals surface area (Å²) in [5, 5.41) is 12.3. The van der Waals surface area contributed by atoms with Gasteiger partial charge in [0.05, 0.1) is 5.69 Å². The number of rotatable bonds is 3. The van der Waals surface area contributed by atoms with Crippen molar-refractivity contribution in [3.8, 4) is 5.75 Å². The fraction of sp³-hybridized carbons (Fsp3) is 0.462. The highest BCUT2D eigenvalue weighted by Gasteiger charge is 2.34. The molecule has 1 aliphatic carbocycles. The molecule has 4 heteroatoms. The normalized spacial score (nSPS) is 17.3. The number of nitrogens with two attached hydrogens (primary N) is 1. The predicted octanol–water partition coefficient (Wildman–Crippen LogP) is 1.91. The van der Waals surface area contributed by atoms with Crippen molar-refractivity contribution in [1.82, 2.24) is 0 Å². The molecule has 0 unspecified atom stereocenters. The van der Waals surface area contributed by atoms with Crippen LogP contribution >= 0.6 is 0 Å². The Bertz CT molecular complexity index is 439. The average molecular weight is 234 g/mol. The molecule has 4 N–H and O–H groups in total. The van der Waals surface area contributed by atoms with E-state index >= 15 is 0 Å². The van der Waals surface area contributed by atoms with E-state index in [9.17, 15) is 9.90 Å². The lowest BCUT2D eigenvalue weighted by Crippen LogP contribution is -2.48. The molecule has 0 atom stereocenters. The van der Waals surface area contributed by atoms with Crippen molar-refractivity contribution >= 4 is 11.6 Å². The van der Waals surface area contributed by atoms with Crippen LogP contribution in [-0.2, 0) is 4.79 Å². The smallest absolute Gasteiger partial charge is 0.226 e. The van der Waals surface area contributed by atoms with Crippen molar-refractivity contribution in [2.24, 2.45) is 5.73 Å². The van der Waals surface area contributed by atoms with Crippen LogP contribution in [0.3, 0.4) is 0 Å². The molecule has 1 aromatic rings. The van der Waals surface area contributed by atoms with Gasteiger partial charge in [0.15, 0.2) is 0 Å². The minimum absolute atomic E-state index is 0.0867. The molecule has 1 aliphatic rings. The second-order valence-corrected chi connectivity index (χ2v) is 4.96. The molecule has 17 heavy (non-hydrogen) atoms. The largest absolute Gasteiger partial charge is 0.506 e. The number of amides is 1. The Morgan fingerprint density at radius 1 is 1.53 bits per heavy atom. The van der Waals surface area contributed by atoms with Crippen molar-refractivity contribution in [3.05, 3.63) is 23.8 Å². The van der Waals surface area contributed by atoms with Crippen LogP contribution in [0, 0.1) is 6.92 Å². The van der Waals surface area contributed by atoms with Gasteiger partial charge in [0, 0.05) is 12.0 Å². The third kappa shape index (κ3) is 2.77. The number of phenols is 1. The van der Waals surface area contributed by atoms with Gasteiger partial charge in [0.1, 0.15) is 5.75 Å². The van der Waals surface area contributed by atoms with E-state index in [2.05, 4.69) is 5.32 Å². The van der Waals surface area contributed by atoms with Crippen molar-refractivity contribution in [2.75, 3.05) is 5.32 Å². The summed E-state index contributed by atoms with van der Waals surface area (Å²) in [6.45, 7) is 1.91. The molecule has 0 saturated heterocycles. The third-order valence-corrected chi connectivity index (χ3v) is 3.29. The van der Waals surface area contributed by atoms with Crippen molar-refractivity contribution in [3.63, 3.8) is 0 Å². The summed E-state index contributed by atoms with van der Waals surface area (Å²) in [6.07, 6.45) is 3.22. The first kappa shape index (κ1) is 11.9. The van der Waals surface area contributed by atoms with Crippen molar-refractivity contribution in [2.45, 2.75) is 38.1 Å². The Balaban J connectivity index is 2.00. The molecule has 0 aromatic heterocycles. The lowest BCUT2D eigenvalue weighted by molar-refractivity contribution is -0.118. The molecule has 1 aromatic carbocycles. The highest BCUT2D eigenvalue weighted by molar-refractivity contribution is 5.93. The first-order valence-corrected chi connectivity index (χ1v) is 5.87. The van der Waals surface area contributed by atoms with Crippen LogP contribution < -0.4 is 11.1 Å². The first-order valence-electron chi connectivity index (χ1n) is 5.87. The van der Waals surface area contributed by atoms with E-state index in [0.717, 1.165) is 24.8 Å². The predicted molar refractivity (Wildman–Crippen MR) is 66.9 cm³/mol. The van der Waals surface area contributed by atoms with Gasteiger partial charge in [-0.15, -0.1) is 0 Å². The molecule has 1 fully saturated rings. The fourth-order valence-electron chi connectivity index (χ4n) is 2.07. The van der Waals surface area contributed by atoms with E-state index in [1.165, 1.54) is 0 Å². The Morgan fingerprint density at radius 3 is 2.82 bits per heavy atom. The molecule has 0 heterocycles. The maximum atomic E-state index is 11.8. The van der Waals surface area contributed by atoms with Crippen LogP contribution in [0.25, 0.3) is 0 Å². The summed E-state index contributed by atoms with van der Waals surface area (Å²) in [5.74, 6) is -0.0447. The lowest BCUT2D eigenvalue weighted by atomic mass is 9.75. The van der Waals surface area contributed by atoms with Crippen LogP contribution in [0.4, 0.5) is 5.69 Å². The van der Waals surface area contributed by atoms with E-state index in [1.54, 1.807) is 18.2 Å². The minimum atomic E-state index is -0.330. The minimum Gasteiger partial charge on any atom is -0.506 e. The zero-order valence-corrected chi connectivity index (χ0v) is 9.99.